The molecule has 22 heavy (non-hydrogen) atoms. The quantitative estimate of drug-likeness (QED) is 0.841. The highest BCUT2D eigenvalue weighted by molar-refractivity contribution is 8.00. The first-order chi connectivity index (χ1) is 10.4. The summed E-state index contributed by atoms with van der Waals surface area (Å²) in [5.41, 5.74) is 0.940. The minimum atomic E-state index is -4.33. The molecule has 2 aromatic rings. The van der Waals surface area contributed by atoms with Crippen molar-refractivity contribution >= 4 is 17.7 Å². The Labute approximate surface area is 129 Å². The Balaban J connectivity index is 1.83. The third-order valence-electron chi connectivity index (χ3n) is 3.60. The van der Waals surface area contributed by atoms with Crippen LogP contribution in [0.3, 0.4) is 0 Å². The second kappa shape index (κ2) is 5.39. The number of amides is 1. The lowest BCUT2D eigenvalue weighted by atomic mass is 10.2. The molecule has 1 atom stereocenters. The normalized spacial score (nSPS) is 19.0. The second-order valence-corrected chi connectivity index (χ2v) is 6.13. The highest BCUT2D eigenvalue weighted by Gasteiger charge is 2.31. The summed E-state index contributed by atoms with van der Waals surface area (Å²) in [6.45, 7) is 0. The van der Waals surface area contributed by atoms with Crippen molar-refractivity contribution in [2.24, 2.45) is 0 Å². The van der Waals surface area contributed by atoms with Crippen LogP contribution in [0.5, 0.6) is 0 Å². The van der Waals surface area contributed by atoms with Crippen LogP contribution in [0.4, 0.5) is 13.2 Å². The summed E-state index contributed by atoms with van der Waals surface area (Å²) in [5.74, 6) is 0.532. The molecular formula is C15H13F3N2OS. The molecule has 1 aliphatic heterocycles. The summed E-state index contributed by atoms with van der Waals surface area (Å²) in [6.07, 6.45) is -0.700. The zero-order chi connectivity index (χ0) is 15.9. The average Bonchev–Trinajstić information content (AvgIpc) is 3.07. The standard InChI is InChI=1S/C15H13F3N2OS/c1-19-13(21)9-22-14(19)10-6-7-20(8-10)12-4-2-11(3-5-12)15(16,17)18/h2-8,14H,9H2,1H3. The fourth-order valence-electron chi connectivity index (χ4n) is 2.36. The van der Waals surface area contributed by atoms with Crippen molar-refractivity contribution in [2.75, 3.05) is 12.8 Å². The van der Waals surface area contributed by atoms with Gasteiger partial charge < -0.3 is 9.47 Å². The average molecular weight is 326 g/mol. The largest absolute Gasteiger partial charge is 0.416 e. The monoisotopic (exact) mass is 326 g/mol. The smallest absolute Gasteiger partial charge is 0.329 e. The molecule has 1 aliphatic rings. The molecule has 7 heteroatoms. The number of carbonyl (C=O) groups excluding carboxylic acids is 1. The topological polar surface area (TPSA) is 25.2 Å². The van der Waals surface area contributed by atoms with Crippen molar-refractivity contribution in [3.8, 4) is 5.69 Å². The van der Waals surface area contributed by atoms with Gasteiger partial charge in [-0.2, -0.15) is 13.2 Å². The van der Waals surface area contributed by atoms with Gasteiger partial charge in [0.25, 0.3) is 0 Å². The maximum absolute atomic E-state index is 12.6. The van der Waals surface area contributed by atoms with Gasteiger partial charge in [0.15, 0.2) is 0 Å². The van der Waals surface area contributed by atoms with E-state index in [-0.39, 0.29) is 11.3 Å². The number of carbonyl (C=O) groups is 1. The molecule has 1 aromatic heterocycles. The molecular weight excluding hydrogens is 313 g/mol. The first kappa shape index (κ1) is 15.0. The summed E-state index contributed by atoms with van der Waals surface area (Å²) < 4.78 is 39.4. The van der Waals surface area contributed by atoms with E-state index in [1.54, 1.807) is 34.5 Å². The number of hydrogen-bond donors (Lipinski definition) is 0. The molecule has 1 fully saturated rings. The van der Waals surface area contributed by atoms with Crippen molar-refractivity contribution < 1.29 is 18.0 Å². The second-order valence-electron chi connectivity index (χ2n) is 5.06. The van der Waals surface area contributed by atoms with Crippen LogP contribution in [0.25, 0.3) is 5.69 Å². The summed E-state index contributed by atoms with van der Waals surface area (Å²) in [4.78, 5) is 13.2. The molecule has 0 aliphatic carbocycles. The predicted molar refractivity (Wildman–Crippen MR) is 78.7 cm³/mol. The molecule has 0 saturated carbocycles. The van der Waals surface area contributed by atoms with Crippen LogP contribution >= 0.6 is 11.8 Å². The summed E-state index contributed by atoms with van der Waals surface area (Å²) in [7, 11) is 1.75. The maximum atomic E-state index is 12.6. The fourth-order valence-corrected chi connectivity index (χ4v) is 3.53. The zero-order valence-electron chi connectivity index (χ0n) is 11.7. The molecule has 2 heterocycles. The molecule has 116 valence electrons. The first-order valence-electron chi connectivity index (χ1n) is 6.59. The van der Waals surface area contributed by atoms with Crippen molar-refractivity contribution in [3.05, 3.63) is 53.9 Å². The number of halogens is 3. The van der Waals surface area contributed by atoms with E-state index in [4.69, 9.17) is 0 Å². The summed E-state index contributed by atoms with van der Waals surface area (Å²) in [6, 6.07) is 6.88. The predicted octanol–water partition coefficient (Wildman–Crippen LogP) is 3.70. The van der Waals surface area contributed by atoms with Gasteiger partial charge in [-0.15, -0.1) is 11.8 Å². The van der Waals surface area contributed by atoms with Gasteiger partial charge in [0.1, 0.15) is 5.37 Å². The molecule has 1 amide bonds. The summed E-state index contributed by atoms with van der Waals surface area (Å²) >= 11 is 1.54. The molecule has 3 nitrogen and oxygen atoms in total. The zero-order valence-corrected chi connectivity index (χ0v) is 12.5. The first-order valence-corrected chi connectivity index (χ1v) is 7.64. The third-order valence-corrected chi connectivity index (χ3v) is 4.92. The Bertz CT molecular complexity index is 694. The number of rotatable bonds is 2. The van der Waals surface area contributed by atoms with E-state index >= 15 is 0 Å². The van der Waals surface area contributed by atoms with Gasteiger partial charge in [0.05, 0.1) is 11.3 Å². The maximum Gasteiger partial charge on any atom is 0.416 e. The van der Waals surface area contributed by atoms with E-state index in [0.29, 0.717) is 11.4 Å². The third kappa shape index (κ3) is 2.72. The van der Waals surface area contributed by atoms with Gasteiger partial charge in [-0.05, 0) is 30.3 Å². The number of hydrogen-bond acceptors (Lipinski definition) is 2. The van der Waals surface area contributed by atoms with Crippen LogP contribution in [-0.2, 0) is 11.0 Å². The van der Waals surface area contributed by atoms with E-state index in [9.17, 15) is 18.0 Å². The Kier molecular flexibility index (Phi) is 3.68. The number of aromatic nitrogens is 1. The number of nitrogens with zero attached hydrogens (tertiary/aromatic N) is 2. The van der Waals surface area contributed by atoms with Gasteiger partial charge in [0.2, 0.25) is 5.91 Å². The Morgan fingerprint density at radius 2 is 1.86 bits per heavy atom. The molecule has 1 saturated heterocycles. The lowest BCUT2D eigenvalue weighted by Crippen LogP contribution is -2.22. The Morgan fingerprint density at radius 3 is 2.41 bits per heavy atom. The molecule has 0 N–H and O–H groups in total. The molecule has 1 unspecified atom stereocenters. The van der Waals surface area contributed by atoms with Gasteiger partial charge in [-0.25, -0.2) is 0 Å². The van der Waals surface area contributed by atoms with Crippen molar-refractivity contribution in [2.45, 2.75) is 11.6 Å². The van der Waals surface area contributed by atoms with Crippen molar-refractivity contribution in [3.63, 3.8) is 0 Å². The number of benzene rings is 1. The van der Waals surface area contributed by atoms with Crippen LogP contribution in [0.15, 0.2) is 42.7 Å². The minimum absolute atomic E-state index is 0.0387. The molecule has 0 radical (unpaired) electrons. The highest BCUT2D eigenvalue weighted by atomic mass is 32.2. The lowest BCUT2D eigenvalue weighted by molar-refractivity contribution is -0.137. The van der Waals surface area contributed by atoms with E-state index in [2.05, 4.69) is 0 Å². The van der Waals surface area contributed by atoms with E-state index in [0.717, 1.165) is 17.7 Å². The van der Waals surface area contributed by atoms with Gasteiger partial charge in [-0.1, -0.05) is 0 Å². The van der Waals surface area contributed by atoms with Gasteiger partial charge in [-0.3, -0.25) is 4.79 Å². The lowest BCUT2D eigenvalue weighted by Gasteiger charge is -2.17. The van der Waals surface area contributed by atoms with Crippen LogP contribution in [0, 0.1) is 0 Å². The summed E-state index contributed by atoms with van der Waals surface area (Å²) in [5, 5.41) is -0.0387. The van der Waals surface area contributed by atoms with E-state index < -0.39 is 11.7 Å². The van der Waals surface area contributed by atoms with Crippen LogP contribution in [0.1, 0.15) is 16.5 Å². The van der Waals surface area contributed by atoms with Crippen molar-refractivity contribution in [1.82, 2.24) is 9.47 Å². The number of thioether (sulfide) groups is 1. The minimum Gasteiger partial charge on any atom is -0.329 e. The van der Waals surface area contributed by atoms with Crippen LogP contribution in [-0.4, -0.2) is 28.2 Å². The van der Waals surface area contributed by atoms with Gasteiger partial charge >= 0.3 is 6.18 Å². The molecule has 3 rings (SSSR count). The van der Waals surface area contributed by atoms with E-state index in [1.165, 1.54) is 12.1 Å². The van der Waals surface area contributed by atoms with Crippen LogP contribution < -0.4 is 0 Å². The van der Waals surface area contributed by atoms with Crippen molar-refractivity contribution in [1.29, 1.82) is 0 Å². The van der Waals surface area contributed by atoms with Gasteiger partial charge in [0, 0.05) is 30.7 Å². The molecule has 1 aromatic carbocycles. The highest BCUT2D eigenvalue weighted by Crippen LogP contribution is 2.37. The Hall–Kier alpha value is -1.89. The molecule has 0 bridgehead atoms. The molecule has 0 spiro atoms. The number of alkyl halides is 3. The Morgan fingerprint density at radius 1 is 1.18 bits per heavy atom. The van der Waals surface area contributed by atoms with E-state index in [1.807, 2.05) is 12.3 Å². The van der Waals surface area contributed by atoms with Crippen LogP contribution in [0.2, 0.25) is 0 Å². The SMILES string of the molecule is CN1C(=O)CSC1c1ccn(-c2ccc(C(F)(F)F)cc2)c1. The fraction of sp³-hybridized carbons (Fsp3) is 0.267.